The number of rotatable bonds is 4. The smallest absolute Gasteiger partial charge is 0.0990 e. The highest BCUT2D eigenvalue weighted by atomic mass is 32.2. The van der Waals surface area contributed by atoms with E-state index in [1.54, 1.807) is 24.1 Å². The summed E-state index contributed by atoms with van der Waals surface area (Å²) in [5, 5.41) is 1.00. The number of aliphatic imine (C=N–C) groups is 1. The monoisotopic (exact) mass is 181 g/mol. The molecule has 0 heterocycles. The van der Waals surface area contributed by atoms with Crippen LogP contribution in [-0.2, 0) is 0 Å². The SMILES string of the molecule is C=CC=NC(SC(=C)C)=C(C)C. The highest BCUT2D eigenvalue weighted by Gasteiger charge is 1.96. The number of allylic oxidation sites excluding steroid dienone is 3. The fourth-order valence-corrected chi connectivity index (χ4v) is 1.19. The van der Waals surface area contributed by atoms with Gasteiger partial charge in [0.25, 0.3) is 0 Å². The lowest BCUT2D eigenvalue weighted by molar-refractivity contribution is 1.32. The van der Waals surface area contributed by atoms with Crippen molar-refractivity contribution in [2.45, 2.75) is 20.8 Å². The Morgan fingerprint density at radius 3 is 2.25 bits per heavy atom. The topological polar surface area (TPSA) is 12.4 Å². The predicted molar refractivity (Wildman–Crippen MR) is 59.5 cm³/mol. The molecular weight excluding hydrogens is 166 g/mol. The summed E-state index contributed by atoms with van der Waals surface area (Å²) >= 11 is 1.59. The maximum atomic E-state index is 4.22. The molecule has 0 bridgehead atoms. The number of hydrogen-bond donors (Lipinski definition) is 0. The summed E-state index contributed by atoms with van der Waals surface area (Å²) in [6.07, 6.45) is 3.36. The second kappa shape index (κ2) is 5.84. The van der Waals surface area contributed by atoms with Crippen LogP contribution in [0.25, 0.3) is 0 Å². The van der Waals surface area contributed by atoms with Crippen molar-refractivity contribution in [1.82, 2.24) is 0 Å². The van der Waals surface area contributed by atoms with Crippen molar-refractivity contribution in [1.29, 1.82) is 0 Å². The molecule has 1 nitrogen and oxygen atoms in total. The zero-order valence-corrected chi connectivity index (χ0v) is 8.74. The minimum Gasteiger partial charge on any atom is -0.250 e. The number of nitrogens with zero attached hydrogens (tertiary/aromatic N) is 1. The molecule has 0 spiro atoms. The lowest BCUT2D eigenvalue weighted by atomic mass is 10.4. The van der Waals surface area contributed by atoms with Crippen LogP contribution in [0.4, 0.5) is 0 Å². The van der Waals surface area contributed by atoms with Crippen LogP contribution in [0.15, 0.2) is 39.7 Å². The molecule has 0 aliphatic heterocycles. The third-order valence-corrected chi connectivity index (χ3v) is 2.05. The molecule has 0 N–H and O–H groups in total. The molecule has 0 unspecified atom stereocenters. The van der Waals surface area contributed by atoms with Crippen molar-refractivity contribution < 1.29 is 0 Å². The summed E-state index contributed by atoms with van der Waals surface area (Å²) in [4.78, 5) is 5.27. The molecule has 0 rings (SSSR count). The highest BCUT2D eigenvalue weighted by Crippen LogP contribution is 2.26. The lowest BCUT2D eigenvalue weighted by Crippen LogP contribution is -1.77. The molecule has 0 aromatic heterocycles. The summed E-state index contributed by atoms with van der Waals surface area (Å²) in [5.41, 5.74) is 1.20. The Kier molecular flexibility index (Phi) is 5.47. The van der Waals surface area contributed by atoms with E-state index in [0.29, 0.717) is 0 Å². The molecule has 0 saturated heterocycles. The van der Waals surface area contributed by atoms with Crippen LogP contribution in [0.2, 0.25) is 0 Å². The normalized spacial score (nSPS) is 9.92. The van der Waals surface area contributed by atoms with Gasteiger partial charge in [0.05, 0.1) is 5.03 Å². The second-order valence-electron chi connectivity index (χ2n) is 2.62. The van der Waals surface area contributed by atoms with Gasteiger partial charge in [-0.3, -0.25) is 0 Å². The summed E-state index contributed by atoms with van der Waals surface area (Å²) in [6.45, 7) is 13.4. The van der Waals surface area contributed by atoms with Gasteiger partial charge in [-0.15, -0.1) is 0 Å². The summed E-state index contributed by atoms with van der Waals surface area (Å²) < 4.78 is 0. The highest BCUT2D eigenvalue weighted by molar-refractivity contribution is 8.06. The first kappa shape index (κ1) is 11.2. The molecule has 0 aromatic carbocycles. The fourth-order valence-electron chi connectivity index (χ4n) is 0.543. The van der Waals surface area contributed by atoms with E-state index in [1.807, 2.05) is 20.8 Å². The Morgan fingerprint density at radius 1 is 1.33 bits per heavy atom. The van der Waals surface area contributed by atoms with Crippen molar-refractivity contribution in [2.75, 3.05) is 0 Å². The first-order valence-corrected chi connectivity index (χ1v) is 4.55. The first-order valence-electron chi connectivity index (χ1n) is 3.74. The zero-order chi connectivity index (χ0) is 9.56. The van der Waals surface area contributed by atoms with E-state index in [-0.39, 0.29) is 0 Å². The van der Waals surface area contributed by atoms with Crippen LogP contribution >= 0.6 is 11.8 Å². The Balaban J connectivity index is 4.47. The molecular formula is C10H15NS. The molecule has 0 saturated carbocycles. The van der Waals surface area contributed by atoms with Crippen LogP contribution < -0.4 is 0 Å². The molecule has 0 fully saturated rings. The van der Waals surface area contributed by atoms with Gasteiger partial charge in [-0.25, -0.2) is 4.99 Å². The molecule has 2 heteroatoms. The van der Waals surface area contributed by atoms with Crippen LogP contribution in [0.1, 0.15) is 20.8 Å². The lowest BCUT2D eigenvalue weighted by Gasteiger charge is -2.01. The zero-order valence-electron chi connectivity index (χ0n) is 7.92. The second-order valence-corrected chi connectivity index (χ2v) is 3.91. The van der Waals surface area contributed by atoms with E-state index in [1.165, 1.54) is 5.57 Å². The summed E-state index contributed by atoms with van der Waals surface area (Å²) in [7, 11) is 0. The van der Waals surface area contributed by atoms with Gasteiger partial charge in [0.1, 0.15) is 0 Å². The molecule has 0 atom stereocenters. The maximum Gasteiger partial charge on any atom is 0.0990 e. The van der Waals surface area contributed by atoms with Crippen molar-refractivity contribution in [2.24, 2.45) is 4.99 Å². The molecule has 0 aliphatic rings. The van der Waals surface area contributed by atoms with E-state index >= 15 is 0 Å². The maximum absolute atomic E-state index is 4.22. The molecule has 12 heavy (non-hydrogen) atoms. The van der Waals surface area contributed by atoms with E-state index in [0.717, 1.165) is 9.93 Å². The third kappa shape index (κ3) is 4.97. The predicted octanol–water partition coefficient (Wildman–Crippen LogP) is 3.76. The summed E-state index contributed by atoms with van der Waals surface area (Å²) in [6, 6.07) is 0. The van der Waals surface area contributed by atoms with Gasteiger partial charge >= 0.3 is 0 Å². The minimum atomic E-state index is 1.00. The van der Waals surface area contributed by atoms with Gasteiger partial charge in [0.15, 0.2) is 0 Å². The van der Waals surface area contributed by atoms with Crippen molar-refractivity contribution in [3.63, 3.8) is 0 Å². The third-order valence-electron chi connectivity index (χ3n) is 0.996. The molecule has 0 radical (unpaired) electrons. The number of hydrogen-bond acceptors (Lipinski definition) is 2. The van der Waals surface area contributed by atoms with Gasteiger partial charge < -0.3 is 0 Å². The fraction of sp³-hybridized carbons (Fsp3) is 0.300. The Hall–Kier alpha value is -0.760. The molecule has 0 aliphatic carbocycles. The largest absolute Gasteiger partial charge is 0.250 e. The Labute approximate surface area is 79.0 Å². The van der Waals surface area contributed by atoms with Gasteiger partial charge in [-0.05, 0) is 31.2 Å². The van der Waals surface area contributed by atoms with Crippen LogP contribution in [0, 0.1) is 0 Å². The van der Waals surface area contributed by atoms with Gasteiger partial charge in [0.2, 0.25) is 0 Å². The average molecular weight is 181 g/mol. The van der Waals surface area contributed by atoms with Gasteiger partial charge in [-0.2, -0.15) is 0 Å². The minimum absolute atomic E-state index is 1.00. The first-order chi connectivity index (χ1) is 5.57. The van der Waals surface area contributed by atoms with Crippen molar-refractivity contribution in [3.8, 4) is 0 Å². The standard InChI is InChI=1S/C10H15NS/c1-6-7-11-10(8(2)3)12-9(4)5/h6-7H,1,4H2,2-3,5H3. The Morgan fingerprint density at radius 2 is 1.92 bits per heavy atom. The van der Waals surface area contributed by atoms with Gasteiger partial charge in [-0.1, -0.05) is 31.0 Å². The van der Waals surface area contributed by atoms with Crippen molar-refractivity contribution >= 4 is 18.0 Å². The molecule has 0 aromatic rings. The number of thioether (sulfide) groups is 1. The van der Waals surface area contributed by atoms with Gasteiger partial charge in [0, 0.05) is 6.21 Å². The average Bonchev–Trinajstić information content (AvgIpc) is 1.96. The van der Waals surface area contributed by atoms with Crippen LogP contribution in [-0.4, -0.2) is 6.21 Å². The van der Waals surface area contributed by atoms with Crippen molar-refractivity contribution in [3.05, 3.63) is 34.7 Å². The summed E-state index contributed by atoms with van der Waals surface area (Å²) in [5.74, 6) is 0. The van der Waals surface area contributed by atoms with E-state index < -0.39 is 0 Å². The van der Waals surface area contributed by atoms with E-state index in [2.05, 4.69) is 18.2 Å². The van der Waals surface area contributed by atoms with Crippen LogP contribution in [0.3, 0.4) is 0 Å². The van der Waals surface area contributed by atoms with E-state index in [4.69, 9.17) is 0 Å². The van der Waals surface area contributed by atoms with E-state index in [9.17, 15) is 0 Å². The quantitative estimate of drug-likeness (QED) is 0.601. The Bertz CT molecular complexity index is 232. The van der Waals surface area contributed by atoms with Crippen LogP contribution in [0.5, 0.6) is 0 Å². The molecule has 66 valence electrons. The molecule has 0 amide bonds.